The molecule has 3 aromatic rings. The molecule has 0 unspecified atom stereocenters. The first-order chi connectivity index (χ1) is 13.1. The van der Waals surface area contributed by atoms with Gasteiger partial charge in [-0.1, -0.05) is 5.21 Å². The molecule has 0 atom stereocenters. The molecule has 4 rings (SSSR count). The van der Waals surface area contributed by atoms with Gasteiger partial charge in [0.15, 0.2) is 0 Å². The number of hydrogen-bond acceptors (Lipinski definition) is 7. The largest absolute Gasteiger partial charge is 0.310 e. The van der Waals surface area contributed by atoms with Crippen molar-refractivity contribution in [2.45, 2.75) is 0 Å². The highest BCUT2D eigenvalue weighted by Crippen LogP contribution is 2.22. The lowest BCUT2D eigenvalue weighted by Gasteiger charge is -2.31. The predicted molar refractivity (Wildman–Crippen MR) is 102 cm³/mol. The maximum atomic E-state index is 12.3. The Kier molecular flexibility index (Phi) is 4.78. The van der Waals surface area contributed by atoms with Crippen molar-refractivity contribution in [1.29, 1.82) is 0 Å². The van der Waals surface area contributed by atoms with E-state index in [0.717, 1.165) is 48.3 Å². The molecule has 1 saturated heterocycles. The van der Waals surface area contributed by atoms with E-state index in [1.54, 1.807) is 17.1 Å². The van der Waals surface area contributed by atoms with Crippen LogP contribution in [0, 0.1) is 0 Å². The van der Waals surface area contributed by atoms with E-state index in [9.17, 15) is 4.79 Å². The Hall–Kier alpha value is -2.91. The van der Waals surface area contributed by atoms with Gasteiger partial charge < -0.3 is 10.2 Å². The second-order valence-corrected chi connectivity index (χ2v) is 6.89. The number of aromatic nitrogens is 5. The average molecular weight is 366 g/mol. The maximum absolute atomic E-state index is 12.3. The topological polar surface area (TPSA) is 92.1 Å². The lowest BCUT2D eigenvalue weighted by atomic mass is 10.1. The van der Waals surface area contributed by atoms with Crippen LogP contribution in [0.5, 0.6) is 0 Å². The SMILES string of the molecule is CN1CCN(CC(=O)Nc2cc3cc(-c4cn(C)nn4)cnc3cn2)CC1. The van der Waals surface area contributed by atoms with Crippen LogP contribution in [0.15, 0.2) is 30.7 Å². The molecule has 0 saturated carbocycles. The van der Waals surface area contributed by atoms with Crippen LogP contribution in [0.25, 0.3) is 22.2 Å². The van der Waals surface area contributed by atoms with Crippen LogP contribution in [-0.2, 0) is 11.8 Å². The number of anilines is 1. The van der Waals surface area contributed by atoms with Crippen LogP contribution >= 0.6 is 0 Å². The third-order valence-electron chi connectivity index (χ3n) is 4.70. The molecule has 0 radical (unpaired) electrons. The van der Waals surface area contributed by atoms with E-state index in [1.165, 1.54) is 0 Å². The zero-order valence-corrected chi connectivity index (χ0v) is 15.5. The molecule has 0 spiro atoms. The molecule has 1 aliphatic rings. The van der Waals surface area contributed by atoms with Crippen molar-refractivity contribution in [3.63, 3.8) is 0 Å². The number of aryl methyl sites for hydroxylation is 1. The zero-order valence-electron chi connectivity index (χ0n) is 15.5. The number of amides is 1. The number of carbonyl (C=O) groups is 1. The summed E-state index contributed by atoms with van der Waals surface area (Å²) in [5, 5.41) is 11.8. The molecule has 1 amide bonds. The number of piperazine rings is 1. The molecule has 1 fully saturated rings. The highest BCUT2D eigenvalue weighted by molar-refractivity contribution is 5.93. The number of hydrogen-bond donors (Lipinski definition) is 1. The van der Waals surface area contributed by atoms with Gasteiger partial charge in [-0.25, -0.2) is 4.98 Å². The molecule has 0 bridgehead atoms. The van der Waals surface area contributed by atoms with Crippen LogP contribution in [0.3, 0.4) is 0 Å². The van der Waals surface area contributed by atoms with Crippen LogP contribution in [0.1, 0.15) is 0 Å². The van der Waals surface area contributed by atoms with Gasteiger partial charge in [0.25, 0.3) is 0 Å². The summed E-state index contributed by atoms with van der Waals surface area (Å²) in [4.78, 5) is 25.5. The van der Waals surface area contributed by atoms with Crippen LogP contribution in [-0.4, -0.2) is 80.4 Å². The molecule has 1 N–H and O–H groups in total. The Morgan fingerprint density at radius 2 is 1.93 bits per heavy atom. The lowest BCUT2D eigenvalue weighted by Crippen LogP contribution is -2.47. The van der Waals surface area contributed by atoms with E-state index in [2.05, 4.69) is 42.4 Å². The second-order valence-electron chi connectivity index (χ2n) is 6.89. The maximum Gasteiger partial charge on any atom is 0.239 e. The average Bonchev–Trinajstić information content (AvgIpc) is 3.09. The second kappa shape index (κ2) is 7.37. The molecule has 1 aliphatic heterocycles. The number of rotatable bonds is 4. The van der Waals surface area contributed by atoms with E-state index in [-0.39, 0.29) is 5.91 Å². The number of nitrogens with one attached hydrogen (secondary N) is 1. The summed E-state index contributed by atoms with van der Waals surface area (Å²) in [6, 6.07) is 3.81. The Labute approximate surface area is 157 Å². The number of fused-ring (bicyclic) bond motifs is 1. The summed E-state index contributed by atoms with van der Waals surface area (Å²) in [7, 11) is 3.92. The number of carbonyl (C=O) groups excluding carboxylic acids is 1. The normalized spacial score (nSPS) is 15.9. The molecule has 140 valence electrons. The predicted octanol–water partition coefficient (Wildman–Crippen LogP) is 0.611. The first-order valence-corrected chi connectivity index (χ1v) is 8.90. The summed E-state index contributed by atoms with van der Waals surface area (Å²) in [6.45, 7) is 4.16. The highest BCUT2D eigenvalue weighted by Gasteiger charge is 2.17. The van der Waals surface area contributed by atoms with Gasteiger partial charge in [-0.3, -0.25) is 19.4 Å². The van der Waals surface area contributed by atoms with Gasteiger partial charge in [-0.2, -0.15) is 0 Å². The number of nitrogens with zero attached hydrogens (tertiary/aromatic N) is 7. The molecule has 0 aromatic carbocycles. The first-order valence-electron chi connectivity index (χ1n) is 8.90. The van der Waals surface area contributed by atoms with Gasteiger partial charge in [-0.05, 0) is 19.2 Å². The number of pyridine rings is 2. The molecule has 4 heterocycles. The fourth-order valence-corrected chi connectivity index (χ4v) is 3.11. The lowest BCUT2D eigenvalue weighted by molar-refractivity contribution is -0.117. The van der Waals surface area contributed by atoms with Crippen LogP contribution < -0.4 is 5.32 Å². The van der Waals surface area contributed by atoms with Crippen molar-refractivity contribution in [3.8, 4) is 11.3 Å². The van der Waals surface area contributed by atoms with Gasteiger partial charge >= 0.3 is 0 Å². The summed E-state index contributed by atoms with van der Waals surface area (Å²) in [5.74, 6) is 0.476. The van der Waals surface area contributed by atoms with Crippen molar-refractivity contribution >= 4 is 22.6 Å². The van der Waals surface area contributed by atoms with E-state index in [0.29, 0.717) is 12.4 Å². The van der Waals surface area contributed by atoms with Crippen LogP contribution in [0.4, 0.5) is 5.82 Å². The number of likely N-dealkylation sites (N-methyl/N-ethyl adjacent to an activating group) is 1. The van der Waals surface area contributed by atoms with Crippen molar-refractivity contribution in [2.24, 2.45) is 7.05 Å². The molecule has 0 aliphatic carbocycles. The van der Waals surface area contributed by atoms with E-state index in [4.69, 9.17) is 0 Å². The summed E-state index contributed by atoms with van der Waals surface area (Å²) >= 11 is 0. The summed E-state index contributed by atoms with van der Waals surface area (Å²) in [6.07, 6.45) is 5.25. The van der Waals surface area contributed by atoms with Gasteiger partial charge in [0.05, 0.1) is 24.5 Å². The van der Waals surface area contributed by atoms with Crippen molar-refractivity contribution in [2.75, 3.05) is 45.1 Å². The Bertz CT molecular complexity index is 961. The van der Waals surface area contributed by atoms with Gasteiger partial charge in [0.2, 0.25) is 5.91 Å². The van der Waals surface area contributed by atoms with Crippen molar-refractivity contribution < 1.29 is 4.79 Å². The Balaban J connectivity index is 1.48. The Morgan fingerprint density at radius 3 is 2.67 bits per heavy atom. The quantitative estimate of drug-likeness (QED) is 0.723. The third-order valence-corrected chi connectivity index (χ3v) is 4.70. The zero-order chi connectivity index (χ0) is 18.8. The molecule has 3 aromatic heterocycles. The third kappa shape index (κ3) is 4.09. The fraction of sp³-hybridized carbons (Fsp3) is 0.389. The first kappa shape index (κ1) is 17.5. The standard InChI is InChI=1S/C18H22N8O/c1-24-3-5-26(6-4-24)12-18(27)21-17-8-13-7-14(9-19-15(13)10-20-17)16-11-25(2)23-22-16/h7-11H,3-6,12H2,1-2H3,(H,20,21,27). The molecule has 27 heavy (non-hydrogen) atoms. The fourth-order valence-electron chi connectivity index (χ4n) is 3.11. The van der Waals surface area contributed by atoms with E-state index in [1.807, 2.05) is 25.4 Å². The van der Waals surface area contributed by atoms with Gasteiger partial charge in [-0.15, -0.1) is 5.10 Å². The van der Waals surface area contributed by atoms with E-state index < -0.39 is 0 Å². The summed E-state index contributed by atoms with van der Waals surface area (Å²) < 4.78 is 1.65. The van der Waals surface area contributed by atoms with E-state index >= 15 is 0 Å². The monoisotopic (exact) mass is 366 g/mol. The van der Waals surface area contributed by atoms with Gasteiger partial charge in [0, 0.05) is 50.4 Å². The summed E-state index contributed by atoms with van der Waals surface area (Å²) in [5.41, 5.74) is 2.39. The molecule has 9 nitrogen and oxygen atoms in total. The molecular formula is C18H22N8O. The molecular weight excluding hydrogens is 344 g/mol. The molecule has 9 heteroatoms. The van der Waals surface area contributed by atoms with Crippen LogP contribution in [0.2, 0.25) is 0 Å². The highest BCUT2D eigenvalue weighted by atomic mass is 16.2. The smallest absolute Gasteiger partial charge is 0.239 e. The minimum atomic E-state index is -0.0514. The van der Waals surface area contributed by atoms with Crippen molar-refractivity contribution in [3.05, 3.63) is 30.7 Å². The Morgan fingerprint density at radius 1 is 1.11 bits per heavy atom. The van der Waals surface area contributed by atoms with Gasteiger partial charge in [0.1, 0.15) is 11.5 Å². The minimum Gasteiger partial charge on any atom is -0.310 e. The van der Waals surface area contributed by atoms with Crippen molar-refractivity contribution in [1.82, 2.24) is 34.8 Å². The minimum absolute atomic E-state index is 0.0514.